The second-order valence-corrected chi connectivity index (χ2v) is 5.13. The number of aliphatic hydroxyl groups excluding tert-OH is 1. The highest BCUT2D eigenvalue weighted by atomic mass is 16.7. The lowest BCUT2D eigenvalue weighted by molar-refractivity contribution is -0.148. The fraction of sp³-hybridized carbons (Fsp3) is 0.643. The van der Waals surface area contributed by atoms with E-state index in [4.69, 9.17) is 14.2 Å². The van der Waals surface area contributed by atoms with Gasteiger partial charge in [0.2, 0.25) is 0 Å². The summed E-state index contributed by atoms with van der Waals surface area (Å²) in [4.78, 5) is 12.0. The molecule has 2 atom stereocenters. The van der Waals surface area contributed by atoms with Crippen LogP contribution in [0.3, 0.4) is 0 Å². The van der Waals surface area contributed by atoms with Gasteiger partial charge in [-0.2, -0.15) is 0 Å². The van der Waals surface area contributed by atoms with Crippen molar-refractivity contribution in [3.8, 4) is 0 Å². The molecular weight excluding hydrogens is 248 g/mol. The standard InChI is InChI=1S/C14H20O5/c1-4-17-13(16)12-9(6-5-7-10(12)15)11-8-18-14(2,3)19-11/h5,7,9,11,15H,4,6,8H2,1-3H3/t9-,11+/m0/s1. The molecule has 5 heteroatoms. The molecular formula is C14H20O5. The lowest BCUT2D eigenvalue weighted by Crippen LogP contribution is -2.32. The molecule has 5 nitrogen and oxygen atoms in total. The Labute approximate surface area is 112 Å². The van der Waals surface area contributed by atoms with Crippen LogP contribution in [-0.2, 0) is 19.0 Å². The normalized spacial score (nSPS) is 29.6. The summed E-state index contributed by atoms with van der Waals surface area (Å²) >= 11 is 0. The van der Waals surface area contributed by atoms with Gasteiger partial charge in [-0.1, -0.05) is 6.08 Å². The lowest BCUT2D eigenvalue weighted by Gasteiger charge is -2.26. The van der Waals surface area contributed by atoms with Crippen LogP contribution in [0.25, 0.3) is 0 Å². The highest BCUT2D eigenvalue weighted by molar-refractivity contribution is 5.90. The summed E-state index contributed by atoms with van der Waals surface area (Å²) in [6, 6.07) is 0. The van der Waals surface area contributed by atoms with E-state index in [-0.39, 0.29) is 30.0 Å². The highest BCUT2D eigenvalue weighted by Crippen LogP contribution is 2.35. The topological polar surface area (TPSA) is 65.0 Å². The van der Waals surface area contributed by atoms with Crippen LogP contribution in [0, 0.1) is 5.92 Å². The zero-order chi connectivity index (χ0) is 14.0. The second kappa shape index (κ2) is 5.35. The number of esters is 1. The molecule has 0 aromatic heterocycles. The highest BCUT2D eigenvalue weighted by Gasteiger charge is 2.41. The minimum Gasteiger partial charge on any atom is -0.507 e. The number of carbonyl (C=O) groups excluding carboxylic acids is 1. The van der Waals surface area contributed by atoms with Crippen molar-refractivity contribution in [3.63, 3.8) is 0 Å². The van der Waals surface area contributed by atoms with Gasteiger partial charge in [0.05, 0.1) is 24.9 Å². The summed E-state index contributed by atoms with van der Waals surface area (Å²) in [5, 5.41) is 9.92. The van der Waals surface area contributed by atoms with Crippen LogP contribution in [0.15, 0.2) is 23.5 Å². The molecule has 106 valence electrons. The SMILES string of the molecule is CCOC(=O)C1=C(O)C=CC[C@H]1[C@H]1COC(C)(C)O1. The average Bonchev–Trinajstić information content (AvgIpc) is 2.69. The minimum absolute atomic E-state index is 0.0389. The summed E-state index contributed by atoms with van der Waals surface area (Å²) in [5.74, 6) is -1.40. The Morgan fingerprint density at radius 3 is 2.89 bits per heavy atom. The van der Waals surface area contributed by atoms with Gasteiger partial charge >= 0.3 is 5.97 Å². The largest absolute Gasteiger partial charge is 0.507 e. The van der Waals surface area contributed by atoms with Gasteiger partial charge in [0.1, 0.15) is 5.76 Å². The molecule has 0 amide bonds. The number of hydrogen-bond acceptors (Lipinski definition) is 5. The third-order valence-corrected chi connectivity index (χ3v) is 3.29. The van der Waals surface area contributed by atoms with Crippen molar-refractivity contribution in [3.05, 3.63) is 23.5 Å². The molecule has 1 saturated heterocycles. The van der Waals surface area contributed by atoms with Crippen LogP contribution in [0.2, 0.25) is 0 Å². The molecule has 0 spiro atoms. The van der Waals surface area contributed by atoms with Crippen LogP contribution in [0.4, 0.5) is 0 Å². The zero-order valence-electron chi connectivity index (χ0n) is 11.5. The van der Waals surface area contributed by atoms with Gasteiger partial charge in [-0.3, -0.25) is 0 Å². The molecule has 2 aliphatic rings. The summed E-state index contributed by atoms with van der Waals surface area (Å²) in [7, 11) is 0. The van der Waals surface area contributed by atoms with Crippen molar-refractivity contribution in [1.29, 1.82) is 0 Å². The monoisotopic (exact) mass is 268 g/mol. The first kappa shape index (κ1) is 14.1. The predicted octanol–water partition coefficient (Wildman–Crippen LogP) is 2.09. The molecule has 0 aromatic carbocycles. The van der Waals surface area contributed by atoms with Crippen molar-refractivity contribution in [2.75, 3.05) is 13.2 Å². The molecule has 0 bridgehead atoms. The van der Waals surface area contributed by atoms with Crippen LogP contribution >= 0.6 is 0 Å². The Balaban J connectivity index is 2.20. The first-order valence-electron chi connectivity index (χ1n) is 6.53. The number of aliphatic hydroxyl groups is 1. The molecule has 1 N–H and O–H groups in total. The van der Waals surface area contributed by atoms with Crippen LogP contribution in [0.5, 0.6) is 0 Å². The van der Waals surface area contributed by atoms with E-state index >= 15 is 0 Å². The molecule has 1 aliphatic carbocycles. The van der Waals surface area contributed by atoms with Gasteiger partial charge in [0.15, 0.2) is 5.79 Å². The van der Waals surface area contributed by atoms with Gasteiger partial charge in [-0.05, 0) is 33.3 Å². The molecule has 19 heavy (non-hydrogen) atoms. The van der Waals surface area contributed by atoms with Crippen LogP contribution < -0.4 is 0 Å². The maximum Gasteiger partial charge on any atom is 0.338 e. The summed E-state index contributed by atoms with van der Waals surface area (Å²) in [5.41, 5.74) is 0.288. The molecule has 1 heterocycles. The molecule has 0 saturated carbocycles. The molecule has 2 rings (SSSR count). The van der Waals surface area contributed by atoms with Crippen LogP contribution in [-0.4, -0.2) is 36.2 Å². The van der Waals surface area contributed by atoms with E-state index in [1.807, 2.05) is 19.9 Å². The average molecular weight is 268 g/mol. The number of ether oxygens (including phenoxy) is 3. The Kier molecular flexibility index (Phi) is 3.96. The van der Waals surface area contributed by atoms with Gasteiger partial charge in [-0.25, -0.2) is 4.79 Å². The quantitative estimate of drug-likeness (QED) is 0.794. The zero-order valence-corrected chi connectivity index (χ0v) is 11.5. The minimum atomic E-state index is -0.652. The first-order chi connectivity index (χ1) is 8.94. The summed E-state index contributed by atoms with van der Waals surface area (Å²) in [6.45, 7) is 6.08. The smallest absolute Gasteiger partial charge is 0.338 e. The van der Waals surface area contributed by atoms with Gasteiger partial charge in [0.25, 0.3) is 0 Å². The molecule has 0 unspecified atom stereocenters. The number of rotatable bonds is 3. The van der Waals surface area contributed by atoms with E-state index < -0.39 is 11.8 Å². The van der Waals surface area contributed by atoms with Crippen molar-refractivity contribution >= 4 is 5.97 Å². The van der Waals surface area contributed by atoms with E-state index in [2.05, 4.69) is 0 Å². The van der Waals surface area contributed by atoms with Crippen molar-refractivity contribution in [1.82, 2.24) is 0 Å². The number of carbonyl (C=O) groups is 1. The van der Waals surface area contributed by atoms with Gasteiger partial charge in [0, 0.05) is 5.92 Å². The van der Waals surface area contributed by atoms with Gasteiger partial charge < -0.3 is 19.3 Å². The fourth-order valence-electron chi connectivity index (χ4n) is 2.44. The Hall–Kier alpha value is -1.33. The number of hydrogen-bond donors (Lipinski definition) is 1. The van der Waals surface area contributed by atoms with E-state index in [0.717, 1.165) is 0 Å². The lowest BCUT2D eigenvalue weighted by atomic mass is 9.86. The molecule has 1 fully saturated rings. The number of allylic oxidation sites excluding steroid dienone is 2. The molecule has 1 aliphatic heterocycles. The Morgan fingerprint density at radius 1 is 1.58 bits per heavy atom. The predicted molar refractivity (Wildman–Crippen MR) is 68.4 cm³/mol. The third kappa shape index (κ3) is 2.98. The maximum absolute atomic E-state index is 12.0. The summed E-state index contributed by atoms with van der Waals surface area (Å²) in [6.07, 6.45) is 3.74. The van der Waals surface area contributed by atoms with Crippen LogP contribution in [0.1, 0.15) is 27.2 Å². The molecule has 0 aromatic rings. The fourth-order valence-corrected chi connectivity index (χ4v) is 2.44. The van der Waals surface area contributed by atoms with E-state index in [1.165, 1.54) is 6.08 Å². The second-order valence-electron chi connectivity index (χ2n) is 5.13. The van der Waals surface area contributed by atoms with E-state index in [0.29, 0.717) is 13.0 Å². The Morgan fingerprint density at radius 2 is 2.32 bits per heavy atom. The summed E-state index contributed by atoms with van der Waals surface area (Å²) < 4.78 is 16.3. The Bertz CT molecular complexity index is 422. The van der Waals surface area contributed by atoms with Crippen molar-refractivity contribution < 1.29 is 24.1 Å². The van der Waals surface area contributed by atoms with Gasteiger partial charge in [-0.15, -0.1) is 0 Å². The maximum atomic E-state index is 12.0. The molecule has 0 radical (unpaired) electrons. The van der Waals surface area contributed by atoms with E-state index in [9.17, 15) is 9.90 Å². The van der Waals surface area contributed by atoms with E-state index in [1.54, 1.807) is 6.92 Å². The first-order valence-corrected chi connectivity index (χ1v) is 6.53. The third-order valence-electron chi connectivity index (χ3n) is 3.29. The van der Waals surface area contributed by atoms with Crippen molar-refractivity contribution in [2.45, 2.75) is 39.1 Å². The van der Waals surface area contributed by atoms with Crippen molar-refractivity contribution in [2.24, 2.45) is 5.92 Å².